The summed E-state index contributed by atoms with van der Waals surface area (Å²) in [4.78, 5) is 67.7. The molecule has 5 rings (SSSR count). The maximum absolute atomic E-state index is 12.8. The third-order valence-electron chi connectivity index (χ3n) is 10.7. The maximum Gasteiger partial charge on any atom is 0.416 e. The minimum Gasteiger partial charge on any atom is -0.479 e. The van der Waals surface area contributed by atoms with E-state index >= 15 is 0 Å². The van der Waals surface area contributed by atoms with E-state index in [1.165, 1.54) is 55.0 Å². The van der Waals surface area contributed by atoms with E-state index in [-0.39, 0.29) is 12.1 Å². The Bertz CT molecular complexity index is 1760. The van der Waals surface area contributed by atoms with Gasteiger partial charge in [0, 0.05) is 49.9 Å². The van der Waals surface area contributed by atoms with Gasteiger partial charge in [0.15, 0.2) is 0 Å². The SMILES string of the molecule is CCN(CC1CCN(C(=O)N2CCCCC2)CC1)C(C)Cc1ccc(C(F)(F)F)cc1.O=C(O)C(O)(C(=O)c1ccccc1)C(O)(C(=O)O)C(=O)c1ccccc1. The molecule has 2 heterocycles. The summed E-state index contributed by atoms with van der Waals surface area (Å²) in [5, 5.41) is 39.9. The first-order valence-corrected chi connectivity index (χ1v) is 19.0. The van der Waals surface area contributed by atoms with Gasteiger partial charge in [0.25, 0.3) is 11.2 Å². The molecule has 0 spiro atoms. The fourth-order valence-corrected chi connectivity index (χ4v) is 7.27. The van der Waals surface area contributed by atoms with Gasteiger partial charge in [-0.2, -0.15) is 13.2 Å². The number of nitrogens with zero attached hydrogens (tertiary/aromatic N) is 3. The van der Waals surface area contributed by atoms with Crippen LogP contribution in [0.1, 0.15) is 77.8 Å². The highest BCUT2D eigenvalue weighted by Gasteiger charge is 2.69. The van der Waals surface area contributed by atoms with Crippen LogP contribution in [0, 0.1) is 5.92 Å². The molecular weight excluding hydrogens is 747 g/mol. The van der Waals surface area contributed by atoms with Crippen molar-refractivity contribution in [3.8, 4) is 0 Å². The zero-order valence-electron chi connectivity index (χ0n) is 32.0. The lowest BCUT2D eigenvalue weighted by atomic mass is 9.73. The van der Waals surface area contributed by atoms with Crippen LogP contribution >= 0.6 is 0 Å². The number of amides is 2. The number of carbonyl (C=O) groups excluding carboxylic acids is 3. The van der Waals surface area contributed by atoms with E-state index in [4.69, 9.17) is 0 Å². The fourth-order valence-electron chi connectivity index (χ4n) is 7.27. The molecule has 2 aliphatic rings. The molecule has 0 aliphatic carbocycles. The summed E-state index contributed by atoms with van der Waals surface area (Å²) in [5.41, 5.74) is -8.35. The first kappa shape index (κ1) is 44.6. The second-order valence-electron chi connectivity index (χ2n) is 14.5. The maximum atomic E-state index is 12.8. The predicted octanol–water partition coefficient (Wildman–Crippen LogP) is 5.66. The average molecular weight is 798 g/mol. The summed E-state index contributed by atoms with van der Waals surface area (Å²) in [5.74, 6) is -7.47. The molecule has 0 saturated carbocycles. The Morgan fingerprint density at radius 1 is 0.702 bits per heavy atom. The summed E-state index contributed by atoms with van der Waals surface area (Å²) in [6.45, 7) is 9.61. The first-order valence-electron chi connectivity index (χ1n) is 19.0. The molecule has 2 aliphatic heterocycles. The van der Waals surface area contributed by atoms with Crippen molar-refractivity contribution in [3.63, 3.8) is 0 Å². The van der Waals surface area contributed by atoms with E-state index in [2.05, 4.69) is 18.7 Å². The lowest BCUT2D eigenvalue weighted by molar-refractivity contribution is -0.187. The number of urea groups is 1. The smallest absolute Gasteiger partial charge is 0.416 e. The van der Waals surface area contributed by atoms with Crippen LogP contribution in [0.4, 0.5) is 18.0 Å². The highest BCUT2D eigenvalue weighted by atomic mass is 19.4. The number of carboxylic acid groups (broad SMARTS) is 2. The Kier molecular flexibility index (Phi) is 15.1. The van der Waals surface area contributed by atoms with Gasteiger partial charge in [-0.25, -0.2) is 14.4 Å². The molecule has 15 heteroatoms. The lowest BCUT2D eigenvalue weighted by Gasteiger charge is -2.39. The summed E-state index contributed by atoms with van der Waals surface area (Å²) in [7, 11) is 0. The van der Waals surface area contributed by atoms with Crippen LogP contribution in [0.5, 0.6) is 0 Å². The van der Waals surface area contributed by atoms with Crippen LogP contribution in [0.2, 0.25) is 0 Å². The summed E-state index contributed by atoms with van der Waals surface area (Å²) < 4.78 is 38.3. The molecule has 4 N–H and O–H groups in total. The predicted molar refractivity (Wildman–Crippen MR) is 204 cm³/mol. The molecular formula is C42H50F3N3O9. The van der Waals surface area contributed by atoms with Gasteiger partial charge in [-0.05, 0) is 75.6 Å². The van der Waals surface area contributed by atoms with Crippen molar-refractivity contribution in [3.05, 3.63) is 107 Å². The number of halogens is 3. The molecule has 3 atom stereocenters. The normalized spacial score (nSPS) is 17.7. The number of benzene rings is 3. The molecule has 12 nitrogen and oxygen atoms in total. The quantitative estimate of drug-likeness (QED) is 0.125. The molecule has 0 aromatic heterocycles. The van der Waals surface area contributed by atoms with Crippen LogP contribution in [0.15, 0.2) is 84.9 Å². The van der Waals surface area contributed by atoms with Crippen molar-refractivity contribution in [1.29, 1.82) is 0 Å². The molecule has 57 heavy (non-hydrogen) atoms. The molecule has 2 amide bonds. The zero-order valence-corrected chi connectivity index (χ0v) is 32.0. The third-order valence-corrected chi connectivity index (χ3v) is 10.7. The van der Waals surface area contributed by atoms with Crippen molar-refractivity contribution in [2.45, 2.75) is 75.8 Å². The van der Waals surface area contributed by atoms with E-state index in [0.29, 0.717) is 5.92 Å². The van der Waals surface area contributed by atoms with Gasteiger partial charge in [0.1, 0.15) is 0 Å². The number of rotatable bonds is 13. The highest BCUT2D eigenvalue weighted by molar-refractivity contribution is 6.28. The number of ketones is 2. The van der Waals surface area contributed by atoms with Crippen molar-refractivity contribution in [2.75, 3.05) is 39.3 Å². The fraction of sp³-hybridized carbons (Fsp3) is 0.452. The summed E-state index contributed by atoms with van der Waals surface area (Å²) in [6.07, 6.45) is 1.94. The lowest BCUT2D eigenvalue weighted by Crippen LogP contribution is -2.71. The van der Waals surface area contributed by atoms with Gasteiger partial charge >= 0.3 is 24.1 Å². The Balaban J connectivity index is 0.000000257. The van der Waals surface area contributed by atoms with E-state index in [1.54, 1.807) is 12.1 Å². The number of hydrogen-bond donors (Lipinski definition) is 4. The second-order valence-corrected chi connectivity index (χ2v) is 14.5. The number of aliphatic carboxylic acids is 2. The van der Waals surface area contributed by atoms with E-state index in [1.807, 2.05) is 9.80 Å². The largest absolute Gasteiger partial charge is 0.479 e. The van der Waals surface area contributed by atoms with Crippen LogP contribution in [0.25, 0.3) is 0 Å². The number of piperidine rings is 2. The molecule has 308 valence electrons. The Hall–Kier alpha value is -5.12. The number of alkyl halides is 3. The number of aliphatic hydroxyl groups is 2. The van der Waals surface area contributed by atoms with Crippen LogP contribution in [-0.4, -0.2) is 121 Å². The third kappa shape index (κ3) is 10.4. The second kappa shape index (κ2) is 19.4. The number of carbonyl (C=O) groups is 5. The number of likely N-dealkylation sites (N-methyl/N-ethyl adjacent to an activating group) is 1. The average Bonchev–Trinajstić information content (AvgIpc) is 3.22. The molecule has 2 fully saturated rings. The van der Waals surface area contributed by atoms with Crippen LogP contribution < -0.4 is 0 Å². The molecule has 0 radical (unpaired) electrons. The standard InChI is InChI=1S/C24H36F3N3O.C18H14O8/c1-3-28(19(2)17-20-7-9-22(10-8-20)24(25,26)27)18-21-11-15-30(16-12-21)23(31)29-13-5-4-6-14-29;19-13(11-7-3-1-4-8-11)17(25,15(21)22)18(26,16(23)24)14(20)12-9-5-2-6-10-12/h7-10,19,21H,3-6,11-18H2,1-2H3;1-10,25-26H,(H,21,22)(H,23,24). The van der Waals surface area contributed by atoms with Crippen molar-refractivity contribution in [1.82, 2.24) is 14.7 Å². The monoisotopic (exact) mass is 797 g/mol. The molecule has 0 bridgehead atoms. The molecule has 3 aromatic rings. The minimum absolute atomic E-state index is 0.209. The van der Waals surface area contributed by atoms with Crippen LogP contribution in [0.3, 0.4) is 0 Å². The summed E-state index contributed by atoms with van der Waals surface area (Å²) >= 11 is 0. The van der Waals surface area contributed by atoms with Crippen LogP contribution in [-0.2, 0) is 22.2 Å². The number of Topliss-reactive ketones (excluding diaryl/α,β-unsaturated/α-hetero) is 2. The van der Waals surface area contributed by atoms with Gasteiger partial charge < -0.3 is 35.1 Å². The van der Waals surface area contributed by atoms with Crippen molar-refractivity contribution < 1.29 is 57.6 Å². The Morgan fingerprint density at radius 3 is 1.54 bits per heavy atom. The van der Waals surface area contributed by atoms with Gasteiger partial charge in [0.2, 0.25) is 11.6 Å². The van der Waals surface area contributed by atoms with E-state index in [9.17, 15) is 57.6 Å². The van der Waals surface area contributed by atoms with Gasteiger partial charge in [-0.3, -0.25) is 9.59 Å². The number of carboxylic acids is 2. The first-order chi connectivity index (χ1) is 26.9. The Morgan fingerprint density at radius 2 is 1.14 bits per heavy atom. The van der Waals surface area contributed by atoms with E-state index < -0.39 is 57.6 Å². The highest BCUT2D eigenvalue weighted by Crippen LogP contribution is 2.32. The van der Waals surface area contributed by atoms with Crippen molar-refractivity contribution >= 4 is 29.5 Å². The number of hydrogen-bond acceptors (Lipinski definition) is 8. The molecule has 3 aromatic carbocycles. The van der Waals surface area contributed by atoms with Gasteiger partial charge in [-0.15, -0.1) is 0 Å². The number of likely N-dealkylation sites (tertiary alicyclic amines) is 2. The van der Waals surface area contributed by atoms with Gasteiger partial charge in [-0.1, -0.05) is 79.7 Å². The van der Waals surface area contributed by atoms with Gasteiger partial charge in [0.05, 0.1) is 5.56 Å². The summed E-state index contributed by atoms with van der Waals surface area (Å²) in [6, 6.07) is 18.8. The zero-order chi connectivity index (χ0) is 42.0. The van der Waals surface area contributed by atoms with Crippen molar-refractivity contribution in [2.24, 2.45) is 5.92 Å². The Labute approximate surface area is 329 Å². The molecule has 3 unspecified atom stereocenters. The topological polar surface area (TPSA) is 176 Å². The molecule has 2 saturated heterocycles. The minimum atomic E-state index is -4.29. The van der Waals surface area contributed by atoms with E-state index in [0.717, 1.165) is 101 Å².